The normalized spacial score (nSPS) is 14.7. The van der Waals surface area contributed by atoms with Gasteiger partial charge in [-0.25, -0.2) is 4.79 Å². The van der Waals surface area contributed by atoms with E-state index >= 15 is 0 Å². The summed E-state index contributed by atoms with van der Waals surface area (Å²) in [6.07, 6.45) is -3.13. The van der Waals surface area contributed by atoms with E-state index < -0.39 is 176 Å². The highest BCUT2D eigenvalue weighted by Gasteiger charge is 2.37. The van der Waals surface area contributed by atoms with Crippen LogP contribution in [0.3, 0.4) is 0 Å². The third-order valence-corrected chi connectivity index (χ3v) is 14.2. The first-order chi connectivity index (χ1) is 43.9. The van der Waals surface area contributed by atoms with E-state index in [0.717, 1.165) is 6.92 Å². The molecule has 0 saturated heterocycles. The summed E-state index contributed by atoms with van der Waals surface area (Å²) in [7, 11) is 0. The molecule has 0 unspecified atom stereocenters. The number of H-pyrrole nitrogens is 1. The fraction of sp³-hybridized carbons (Fsp3) is 0.441. The summed E-state index contributed by atoms with van der Waals surface area (Å²) in [6, 6.07) is -0.0815. The summed E-state index contributed by atoms with van der Waals surface area (Å²) in [4.78, 5) is 165. The average molecular weight is 1300 g/mol. The third-order valence-electron chi connectivity index (χ3n) is 14.2. The number of rotatable bonds is 38. The van der Waals surface area contributed by atoms with E-state index in [1.165, 1.54) is 48.5 Å². The Balaban J connectivity index is 1.67. The summed E-state index contributed by atoms with van der Waals surface area (Å²) in [5, 5.41) is 102. The Hall–Kier alpha value is -10.4. The second kappa shape index (κ2) is 36.4. The Morgan fingerprint density at radius 1 is 0.527 bits per heavy atom. The van der Waals surface area contributed by atoms with Crippen molar-refractivity contribution in [3.63, 3.8) is 0 Å². The van der Waals surface area contributed by atoms with Gasteiger partial charge in [-0.2, -0.15) is 0 Å². The molecule has 0 fully saturated rings. The van der Waals surface area contributed by atoms with Crippen LogP contribution in [-0.2, 0) is 76.8 Å². The van der Waals surface area contributed by atoms with Gasteiger partial charge in [0.2, 0.25) is 59.1 Å². The number of aliphatic carboxylic acids is 2. The number of phenols is 2. The van der Waals surface area contributed by atoms with Crippen molar-refractivity contribution >= 4 is 87.9 Å². The van der Waals surface area contributed by atoms with E-state index in [0.29, 0.717) is 22.0 Å². The molecule has 0 aliphatic heterocycles. The average Bonchev–Trinajstić information content (AvgIpc) is 1.98. The molecule has 11 atom stereocenters. The lowest BCUT2D eigenvalue weighted by atomic mass is 9.99. The van der Waals surface area contributed by atoms with E-state index in [4.69, 9.17) is 22.6 Å². The van der Waals surface area contributed by atoms with Gasteiger partial charge in [0, 0.05) is 42.9 Å². The van der Waals surface area contributed by atoms with Crippen LogP contribution in [0.1, 0.15) is 69.6 Å². The van der Waals surface area contributed by atoms with Gasteiger partial charge in [-0.3, -0.25) is 58.1 Å². The smallest absolute Gasteiger partial charge is 0.328 e. The second-order valence-electron chi connectivity index (χ2n) is 22.2. The first-order valence-electron chi connectivity index (χ1n) is 29.2. The number of nitrogens with one attached hydrogen (secondary N) is 12. The standard InChI is InChI=1S/C59H81N15O19/c1-28(2)19-38(50(84)73-45(27-76)57(91)74-48(29(3)77)58(92)93)67-53(87)41(22-32-25-65-37-9-5-4-7-35(32)37)70-51(85)39(20-30-10-14-33(78)15-11-30)69-56(90)44(26-75)72-52(86)40(21-31-12-16-34(79)17-13-31)68-55(89)43(24-47(81)82)71-54(88)42(23-46(61)80)66-49(83)36(60)8-6-18-64-59(62)63/h4-5,7,9-17,25,28-29,36,38-45,48,65,75-79H,6,8,18-24,26-27,60H2,1-3H3,(H2,61,80)(H,66,83)(H,67,87)(H,68,89)(H,69,90)(H,70,85)(H,71,88)(H,72,86)(H,73,84)(H,74,91)(H,81,82)(H,92,93)(H4,62,63,64)/t29-,36+,38+,39+,40+,41+,42+,43+,44+,45+,48+/m1/s1. The van der Waals surface area contributed by atoms with E-state index in [1.807, 2.05) is 5.32 Å². The van der Waals surface area contributed by atoms with Crippen LogP contribution in [0.25, 0.3) is 10.9 Å². The van der Waals surface area contributed by atoms with E-state index in [9.17, 15) is 93.3 Å². The third kappa shape index (κ3) is 24.7. The minimum absolute atomic E-state index is 0.00561. The number of fused-ring (bicyclic) bond motifs is 1. The van der Waals surface area contributed by atoms with Crippen molar-refractivity contribution < 1.29 is 93.3 Å². The Morgan fingerprint density at radius 2 is 0.935 bits per heavy atom. The van der Waals surface area contributed by atoms with E-state index in [1.54, 1.807) is 44.3 Å². The molecule has 0 aliphatic rings. The molecular weight excluding hydrogens is 1220 g/mol. The van der Waals surface area contributed by atoms with Crippen LogP contribution in [0.15, 0.2) is 79.0 Å². The summed E-state index contributed by atoms with van der Waals surface area (Å²) in [6.45, 7) is 2.37. The van der Waals surface area contributed by atoms with Crippen molar-refractivity contribution in [2.24, 2.45) is 23.1 Å². The highest BCUT2D eigenvalue weighted by atomic mass is 16.4. The molecule has 34 nitrogen and oxygen atoms in total. The van der Waals surface area contributed by atoms with E-state index in [2.05, 4.69) is 52.8 Å². The minimum atomic E-state index is -2.06. The van der Waals surface area contributed by atoms with E-state index in [-0.39, 0.29) is 61.2 Å². The number of carboxylic acids is 2. The number of guanidine groups is 1. The maximum absolute atomic E-state index is 14.8. The van der Waals surface area contributed by atoms with Crippen molar-refractivity contribution in [2.45, 2.75) is 139 Å². The molecule has 4 rings (SSSR count). The molecule has 4 aromatic rings. The maximum Gasteiger partial charge on any atom is 0.328 e. The number of carbonyl (C=O) groups excluding carboxylic acids is 10. The number of primary amides is 1. The number of carbonyl (C=O) groups is 12. The van der Waals surface area contributed by atoms with Gasteiger partial charge in [-0.15, -0.1) is 0 Å². The van der Waals surface area contributed by atoms with Gasteiger partial charge in [0.15, 0.2) is 12.0 Å². The topological polar surface area (TPSA) is 584 Å². The number of para-hydroxylation sites is 1. The van der Waals surface area contributed by atoms with Crippen LogP contribution in [0.5, 0.6) is 11.5 Å². The lowest BCUT2D eigenvalue weighted by molar-refractivity contribution is -0.145. The zero-order valence-corrected chi connectivity index (χ0v) is 51.0. The summed E-state index contributed by atoms with van der Waals surface area (Å²) >= 11 is 0. The van der Waals surface area contributed by atoms with Gasteiger partial charge in [-0.1, -0.05) is 56.3 Å². The largest absolute Gasteiger partial charge is 0.508 e. The Kier molecular flexibility index (Phi) is 29.4. The first kappa shape index (κ1) is 75.0. The van der Waals surface area contributed by atoms with Crippen LogP contribution >= 0.6 is 0 Å². The molecule has 3 aromatic carbocycles. The lowest BCUT2D eigenvalue weighted by Crippen LogP contribution is -2.62. The van der Waals surface area contributed by atoms with Crippen LogP contribution in [0.4, 0.5) is 0 Å². The molecule has 1 heterocycles. The lowest BCUT2D eigenvalue weighted by Gasteiger charge is -2.28. The zero-order chi connectivity index (χ0) is 69.2. The summed E-state index contributed by atoms with van der Waals surface area (Å²) < 4.78 is 0. The minimum Gasteiger partial charge on any atom is -0.508 e. The Bertz CT molecular complexity index is 3290. The highest BCUT2D eigenvalue weighted by Crippen LogP contribution is 2.21. The molecule has 10 amide bonds. The number of aliphatic hydroxyl groups excluding tert-OH is 3. The van der Waals surface area contributed by atoms with Crippen molar-refractivity contribution in [1.82, 2.24) is 58.2 Å². The molecule has 0 bridgehead atoms. The van der Waals surface area contributed by atoms with Gasteiger partial charge in [-0.05, 0) is 79.1 Å². The van der Waals surface area contributed by atoms with Gasteiger partial charge in [0.25, 0.3) is 0 Å². The van der Waals surface area contributed by atoms with Crippen LogP contribution in [0, 0.1) is 11.3 Å². The molecule has 1 aromatic heterocycles. The molecule has 0 aliphatic carbocycles. The quantitative estimate of drug-likeness (QED) is 0.0113. The van der Waals surface area contributed by atoms with Gasteiger partial charge < -0.3 is 111 Å². The SMILES string of the molecule is CC(C)C[C@H](NC(=O)[C@H](Cc1c[nH]c2ccccc12)NC(=O)[C@H](Cc1ccc(O)cc1)NC(=O)[C@H](CO)NC(=O)[C@H](Cc1ccc(O)cc1)NC(=O)[C@H](CC(=O)O)NC(=O)[C@H](CC(N)=O)NC(=O)[C@@H](N)CCCNC(=N)N)C(=O)N[C@@H](CO)C(=O)N[C@H](C(=O)O)[C@@H](C)O. The number of phenolic OH excluding ortho intramolecular Hbond substituents is 2. The number of aromatic amines is 1. The number of hydrogen-bond acceptors (Lipinski definition) is 19. The summed E-state index contributed by atoms with van der Waals surface area (Å²) in [5.41, 5.74) is 18.2. The number of aliphatic hydroxyl groups is 3. The number of benzene rings is 3. The van der Waals surface area contributed by atoms with Gasteiger partial charge in [0.05, 0.1) is 38.2 Å². The number of aromatic nitrogens is 1. The van der Waals surface area contributed by atoms with Crippen LogP contribution in [0.2, 0.25) is 0 Å². The summed E-state index contributed by atoms with van der Waals surface area (Å²) in [5.74, 6) is -15.8. The number of carboxylic acid groups (broad SMARTS) is 2. The van der Waals surface area contributed by atoms with Crippen molar-refractivity contribution in [3.05, 3.63) is 95.7 Å². The first-order valence-corrected chi connectivity index (χ1v) is 29.2. The predicted octanol–water partition coefficient (Wildman–Crippen LogP) is -5.59. The zero-order valence-electron chi connectivity index (χ0n) is 51.0. The fourth-order valence-corrected chi connectivity index (χ4v) is 9.27. The number of hydrogen-bond donors (Lipinski definition) is 22. The molecule has 25 N–H and O–H groups in total. The van der Waals surface area contributed by atoms with Crippen molar-refractivity contribution in [3.8, 4) is 11.5 Å². The molecule has 93 heavy (non-hydrogen) atoms. The second-order valence-corrected chi connectivity index (χ2v) is 22.2. The number of nitrogens with two attached hydrogens (primary N) is 3. The Morgan fingerprint density at radius 3 is 1.39 bits per heavy atom. The molecule has 0 saturated carbocycles. The molecule has 0 radical (unpaired) electrons. The van der Waals surface area contributed by atoms with Gasteiger partial charge >= 0.3 is 11.9 Å². The monoisotopic (exact) mass is 1300 g/mol. The van der Waals surface area contributed by atoms with Crippen LogP contribution < -0.4 is 70.4 Å². The highest BCUT2D eigenvalue weighted by molar-refractivity contribution is 6.00. The van der Waals surface area contributed by atoms with Gasteiger partial charge in [0.1, 0.15) is 59.8 Å². The Labute approximate surface area is 531 Å². The molecular formula is C59H81N15O19. The molecule has 506 valence electrons. The molecule has 34 heteroatoms. The van der Waals surface area contributed by atoms with Crippen molar-refractivity contribution in [1.29, 1.82) is 5.41 Å². The maximum atomic E-state index is 14.8. The number of amides is 10. The number of aromatic hydroxyl groups is 2. The van der Waals surface area contributed by atoms with Crippen LogP contribution in [-0.4, -0.2) is 204 Å². The molecule has 0 spiro atoms. The fourth-order valence-electron chi connectivity index (χ4n) is 9.27. The van der Waals surface area contributed by atoms with Crippen molar-refractivity contribution in [2.75, 3.05) is 19.8 Å². The predicted molar refractivity (Wildman–Crippen MR) is 329 cm³/mol.